The monoisotopic (exact) mass is 493 g/mol. The molecule has 8 nitrogen and oxygen atoms in total. The van der Waals surface area contributed by atoms with Crippen molar-refractivity contribution in [3.8, 4) is 17.0 Å². The number of hydrogen-bond donors (Lipinski definition) is 2. The summed E-state index contributed by atoms with van der Waals surface area (Å²) < 4.78 is 37.7. The summed E-state index contributed by atoms with van der Waals surface area (Å²) in [5.41, 5.74) is 2.85. The second kappa shape index (κ2) is 9.34. The number of benzene rings is 2. The van der Waals surface area contributed by atoms with Gasteiger partial charge in [-0.15, -0.1) is 0 Å². The smallest absolute Gasteiger partial charge is 0.227 e. The van der Waals surface area contributed by atoms with Crippen LogP contribution in [-0.4, -0.2) is 52.8 Å². The summed E-state index contributed by atoms with van der Waals surface area (Å²) in [6.07, 6.45) is 1.09. The molecule has 0 aliphatic carbocycles. The fourth-order valence-electron chi connectivity index (χ4n) is 4.74. The molecular weight excluding hydrogens is 464 g/mol. The van der Waals surface area contributed by atoms with Crippen molar-refractivity contribution in [2.24, 2.45) is 0 Å². The molecule has 1 aliphatic heterocycles. The van der Waals surface area contributed by atoms with Gasteiger partial charge in [-0.25, -0.2) is 23.7 Å². The van der Waals surface area contributed by atoms with Crippen LogP contribution in [0.2, 0.25) is 0 Å². The number of rotatable bonds is 6. The second-order valence-electron chi connectivity index (χ2n) is 9.28. The van der Waals surface area contributed by atoms with Gasteiger partial charge in [0.2, 0.25) is 5.95 Å². The summed E-state index contributed by atoms with van der Waals surface area (Å²) in [6.45, 7) is 7.19. The van der Waals surface area contributed by atoms with Crippen molar-refractivity contribution in [3.05, 3.63) is 54.0 Å². The predicted molar refractivity (Wildman–Crippen MR) is 137 cm³/mol. The van der Waals surface area contributed by atoms with Gasteiger partial charge in [0.15, 0.2) is 11.6 Å². The first kappa shape index (κ1) is 23.9. The first-order chi connectivity index (χ1) is 17.3. The van der Waals surface area contributed by atoms with Crippen molar-refractivity contribution in [1.29, 1.82) is 0 Å². The lowest BCUT2D eigenvalue weighted by Crippen LogP contribution is -2.46. The Labute approximate surface area is 208 Å². The Morgan fingerprint density at radius 3 is 2.69 bits per heavy atom. The third kappa shape index (κ3) is 4.21. The van der Waals surface area contributed by atoms with Gasteiger partial charge in [0.25, 0.3) is 0 Å². The molecule has 3 heterocycles. The Morgan fingerprint density at radius 2 is 1.94 bits per heavy atom. The Hall–Kier alpha value is -3.79. The van der Waals surface area contributed by atoms with Crippen molar-refractivity contribution >= 4 is 28.4 Å². The van der Waals surface area contributed by atoms with E-state index in [4.69, 9.17) is 4.74 Å². The van der Waals surface area contributed by atoms with Crippen molar-refractivity contribution in [2.75, 3.05) is 37.5 Å². The van der Waals surface area contributed by atoms with Crippen molar-refractivity contribution < 1.29 is 13.5 Å². The van der Waals surface area contributed by atoms with E-state index in [-0.39, 0.29) is 29.2 Å². The lowest BCUT2D eigenvalue weighted by molar-refractivity contribution is 0.264. The van der Waals surface area contributed by atoms with Crippen LogP contribution < -0.4 is 20.3 Å². The van der Waals surface area contributed by atoms with Crippen molar-refractivity contribution in [1.82, 2.24) is 24.8 Å². The molecule has 2 aromatic carbocycles. The van der Waals surface area contributed by atoms with Gasteiger partial charge in [-0.3, -0.25) is 0 Å². The number of aryl methyl sites for hydroxylation is 1. The molecule has 0 radical (unpaired) electrons. The van der Waals surface area contributed by atoms with Crippen molar-refractivity contribution in [3.63, 3.8) is 0 Å². The summed E-state index contributed by atoms with van der Waals surface area (Å²) in [5.74, 6) is 0.460. The summed E-state index contributed by atoms with van der Waals surface area (Å²) in [6, 6.07) is 9.00. The van der Waals surface area contributed by atoms with E-state index < -0.39 is 11.6 Å². The van der Waals surface area contributed by atoms with E-state index in [0.29, 0.717) is 29.2 Å². The Bertz CT molecular complexity index is 1440. The molecule has 10 heteroatoms. The zero-order valence-corrected chi connectivity index (χ0v) is 20.9. The first-order valence-electron chi connectivity index (χ1n) is 11.9. The SMILES string of the molecule is CNCC1COc2cc(Nc3ncc(F)c(-c4cc(F)c5nc(C)n(C(C)C)c5c4)n3)ccc2N1C. The minimum Gasteiger partial charge on any atom is -0.489 e. The molecule has 5 rings (SSSR count). The fraction of sp³-hybridized carbons (Fsp3) is 0.346. The van der Waals surface area contributed by atoms with Gasteiger partial charge in [-0.1, -0.05) is 0 Å². The van der Waals surface area contributed by atoms with Crippen LogP contribution in [0.15, 0.2) is 36.5 Å². The van der Waals surface area contributed by atoms with Crippen molar-refractivity contribution in [2.45, 2.75) is 32.9 Å². The van der Waals surface area contributed by atoms with Crippen LogP contribution in [0.5, 0.6) is 5.75 Å². The van der Waals surface area contributed by atoms with E-state index in [1.807, 2.05) is 57.6 Å². The molecule has 0 saturated heterocycles. The van der Waals surface area contributed by atoms with Crippen LogP contribution in [0.3, 0.4) is 0 Å². The van der Waals surface area contributed by atoms with Gasteiger partial charge in [-0.05, 0) is 52.1 Å². The van der Waals surface area contributed by atoms with Crippen LogP contribution >= 0.6 is 0 Å². The molecule has 0 fully saturated rings. The minimum absolute atomic E-state index is 0.00584. The normalized spacial score (nSPS) is 15.3. The van der Waals surface area contributed by atoms with Crippen LogP contribution in [-0.2, 0) is 0 Å². The van der Waals surface area contributed by atoms with Crippen LogP contribution in [0.1, 0.15) is 25.7 Å². The van der Waals surface area contributed by atoms with Crippen LogP contribution in [0, 0.1) is 18.6 Å². The van der Waals surface area contributed by atoms with E-state index in [1.54, 1.807) is 6.07 Å². The number of anilines is 3. The van der Waals surface area contributed by atoms with Gasteiger partial charge >= 0.3 is 0 Å². The van der Waals surface area contributed by atoms with E-state index >= 15 is 0 Å². The Balaban J connectivity index is 1.47. The van der Waals surface area contributed by atoms with Crippen LogP contribution in [0.4, 0.5) is 26.1 Å². The zero-order chi connectivity index (χ0) is 25.6. The molecule has 2 N–H and O–H groups in total. The topological polar surface area (TPSA) is 80.1 Å². The third-order valence-electron chi connectivity index (χ3n) is 6.47. The van der Waals surface area contributed by atoms with E-state index in [2.05, 4.69) is 30.5 Å². The largest absolute Gasteiger partial charge is 0.489 e. The van der Waals surface area contributed by atoms with Gasteiger partial charge in [-0.2, -0.15) is 0 Å². The summed E-state index contributed by atoms with van der Waals surface area (Å²) in [5, 5.41) is 6.30. The summed E-state index contributed by atoms with van der Waals surface area (Å²) >= 11 is 0. The molecule has 4 aromatic rings. The second-order valence-corrected chi connectivity index (χ2v) is 9.28. The van der Waals surface area contributed by atoms with Gasteiger partial charge in [0.1, 0.15) is 29.4 Å². The molecule has 188 valence electrons. The quantitative estimate of drug-likeness (QED) is 0.399. The number of imidazole rings is 1. The van der Waals surface area contributed by atoms with E-state index in [0.717, 1.165) is 24.2 Å². The number of ether oxygens (including phenoxy) is 1. The fourth-order valence-corrected chi connectivity index (χ4v) is 4.74. The molecule has 0 spiro atoms. The van der Waals surface area contributed by atoms with Gasteiger partial charge in [0, 0.05) is 37.0 Å². The maximum absolute atomic E-state index is 15.0. The molecule has 1 unspecified atom stereocenters. The molecule has 0 amide bonds. The first-order valence-corrected chi connectivity index (χ1v) is 11.9. The van der Waals surface area contributed by atoms with E-state index in [9.17, 15) is 8.78 Å². The highest BCUT2D eigenvalue weighted by Crippen LogP contribution is 2.36. The number of aromatic nitrogens is 4. The number of nitrogens with zero attached hydrogens (tertiary/aromatic N) is 5. The average Bonchev–Trinajstić information content (AvgIpc) is 3.19. The number of hydrogen-bond acceptors (Lipinski definition) is 7. The van der Waals surface area contributed by atoms with Gasteiger partial charge in [0.05, 0.1) is 23.4 Å². The maximum atomic E-state index is 15.0. The highest BCUT2D eigenvalue weighted by atomic mass is 19.1. The van der Waals surface area contributed by atoms with Crippen LogP contribution in [0.25, 0.3) is 22.3 Å². The molecule has 36 heavy (non-hydrogen) atoms. The molecule has 0 saturated carbocycles. The Kier molecular flexibility index (Phi) is 6.21. The zero-order valence-electron chi connectivity index (χ0n) is 20.9. The minimum atomic E-state index is -0.641. The highest BCUT2D eigenvalue weighted by Gasteiger charge is 2.24. The summed E-state index contributed by atoms with van der Waals surface area (Å²) in [4.78, 5) is 15.0. The predicted octanol–water partition coefficient (Wildman–Crippen LogP) is 4.82. The average molecular weight is 494 g/mol. The highest BCUT2D eigenvalue weighted by molar-refractivity contribution is 5.83. The molecule has 1 atom stereocenters. The number of halogens is 2. The standard InChI is InChI=1S/C26H29F2N7O/c1-14(2)35-15(3)31-25-19(27)8-16(9-22(25)35)24-20(28)12-30-26(33-24)32-17-6-7-21-23(10-17)36-13-18(11-29-4)34(21)5/h6-10,12,14,18,29H,11,13H2,1-5H3,(H,30,32,33). The third-order valence-corrected chi connectivity index (χ3v) is 6.47. The van der Waals surface area contributed by atoms with Gasteiger partial charge < -0.3 is 24.8 Å². The Morgan fingerprint density at radius 1 is 1.14 bits per heavy atom. The molecule has 2 aromatic heterocycles. The molecular formula is C26H29F2N7O. The maximum Gasteiger partial charge on any atom is 0.227 e. The number of nitrogens with one attached hydrogen (secondary N) is 2. The number of likely N-dealkylation sites (N-methyl/N-ethyl adjacent to an activating group) is 2. The summed E-state index contributed by atoms with van der Waals surface area (Å²) in [7, 11) is 3.95. The number of fused-ring (bicyclic) bond motifs is 2. The lowest BCUT2D eigenvalue weighted by atomic mass is 10.1. The molecule has 0 bridgehead atoms. The molecule has 1 aliphatic rings. The lowest BCUT2D eigenvalue weighted by Gasteiger charge is -2.36. The van der Waals surface area contributed by atoms with E-state index in [1.165, 1.54) is 6.07 Å².